The van der Waals surface area contributed by atoms with Crippen LogP contribution in [0.4, 0.5) is 0 Å². The van der Waals surface area contributed by atoms with Crippen LogP contribution in [0.25, 0.3) is 0 Å². The molecule has 0 rings (SSSR count). The lowest BCUT2D eigenvalue weighted by atomic mass is 10.0. The predicted molar refractivity (Wildman–Crippen MR) is 365 cm³/mol. The van der Waals surface area contributed by atoms with Gasteiger partial charge in [-0.05, 0) is 38.5 Å². The lowest BCUT2D eigenvalue weighted by molar-refractivity contribution is -0.870. The summed E-state index contributed by atoms with van der Waals surface area (Å²) in [7, 11) is 6.00. The third kappa shape index (κ3) is 69.4. The molecule has 2 unspecified atom stereocenters. The van der Waals surface area contributed by atoms with Crippen LogP contribution < -0.4 is 0 Å². The Kier molecular flexibility index (Phi) is 66.4. The molecule has 0 aliphatic carbocycles. The molecule has 9 heteroatoms. The van der Waals surface area contributed by atoms with Gasteiger partial charge in [-0.2, -0.15) is 0 Å². The Morgan fingerprint density at radius 3 is 0.871 bits per heavy atom. The average molecular weight is 1200 g/mol. The minimum absolute atomic E-state index is 0.173. The largest absolute Gasteiger partial charge is 0.477 e. The van der Waals surface area contributed by atoms with E-state index in [1.165, 1.54) is 334 Å². The van der Waals surface area contributed by atoms with Crippen LogP contribution in [0.15, 0.2) is 12.2 Å². The summed E-state index contributed by atoms with van der Waals surface area (Å²) in [5.41, 5.74) is 0. The second-order valence-corrected chi connectivity index (χ2v) is 27.3. The van der Waals surface area contributed by atoms with Crippen molar-refractivity contribution in [2.75, 3.05) is 47.5 Å². The highest BCUT2D eigenvalue weighted by molar-refractivity contribution is 5.71. The highest BCUT2D eigenvalue weighted by atomic mass is 16.7. The first-order chi connectivity index (χ1) is 41.6. The number of carbonyl (C=O) groups is 3. The van der Waals surface area contributed by atoms with E-state index in [9.17, 15) is 19.5 Å². The monoisotopic (exact) mass is 1200 g/mol. The van der Waals surface area contributed by atoms with Crippen molar-refractivity contribution in [1.29, 1.82) is 0 Å². The van der Waals surface area contributed by atoms with Crippen LogP contribution in [0.5, 0.6) is 0 Å². The first kappa shape index (κ1) is 83.0. The van der Waals surface area contributed by atoms with E-state index in [0.29, 0.717) is 17.4 Å². The van der Waals surface area contributed by atoms with Gasteiger partial charge in [0, 0.05) is 12.8 Å². The number of aliphatic carboxylic acids is 1. The number of carboxylic acids is 1. The van der Waals surface area contributed by atoms with Gasteiger partial charge in [0.1, 0.15) is 13.2 Å². The highest BCUT2D eigenvalue weighted by Crippen LogP contribution is 2.20. The molecule has 0 saturated heterocycles. The summed E-state index contributed by atoms with van der Waals surface area (Å²) in [6, 6.07) is 0. The third-order valence-corrected chi connectivity index (χ3v) is 17.5. The van der Waals surface area contributed by atoms with Crippen LogP contribution >= 0.6 is 0 Å². The number of hydrogen-bond donors (Lipinski definition) is 1. The van der Waals surface area contributed by atoms with Crippen molar-refractivity contribution >= 4 is 17.9 Å². The van der Waals surface area contributed by atoms with E-state index >= 15 is 0 Å². The molecule has 0 aliphatic rings. The van der Waals surface area contributed by atoms with Crippen LogP contribution in [0, 0.1) is 0 Å². The van der Waals surface area contributed by atoms with E-state index in [1.54, 1.807) is 0 Å². The molecule has 0 aromatic carbocycles. The fourth-order valence-electron chi connectivity index (χ4n) is 11.7. The fourth-order valence-corrected chi connectivity index (χ4v) is 11.7. The van der Waals surface area contributed by atoms with Gasteiger partial charge < -0.3 is 28.5 Å². The Hall–Kier alpha value is -1.97. The molecule has 0 saturated carbocycles. The van der Waals surface area contributed by atoms with Gasteiger partial charge >= 0.3 is 17.9 Å². The average Bonchev–Trinajstić information content (AvgIpc) is 3.48. The Balaban J connectivity index is 3.96. The van der Waals surface area contributed by atoms with Gasteiger partial charge in [-0.3, -0.25) is 9.59 Å². The van der Waals surface area contributed by atoms with Crippen molar-refractivity contribution in [3.8, 4) is 0 Å². The molecule has 1 N–H and O–H groups in total. The Labute approximate surface area is 529 Å². The van der Waals surface area contributed by atoms with E-state index in [-0.39, 0.29) is 38.2 Å². The minimum Gasteiger partial charge on any atom is -0.477 e. The van der Waals surface area contributed by atoms with Crippen LogP contribution in [-0.2, 0) is 33.3 Å². The van der Waals surface area contributed by atoms with E-state index < -0.39 is 18.4 Å². The number of ether oxygens (including phenoxy) is 4. The number of rotatable bonds is 72. The SMILES string of the molecule is CCCCCCCCCC/C=C\CCCCCCCCCCCCCCCCCCCCCCCCCCCC(=O)OC(COC(=O)CCCCCCCCCCCCCCCCCCCCCCCCC)COC(OCC[N+](C)(C)C)C(=O)O. The van der Waals surface area contributed by atoms with Crippen LogP contribution in [0.3, 0.4) is 0 Å². The Bertz CT molecular complexity index is 1400. The van der Waals surface area contributed by atoms with E-state index in [0.717, 1.165) is 38.5 Å². The quantitative estimate of drug-likeness (QED) is 0.0211. The number of allylic oxidation sites excluding steroid dienone is 2. The van der Waals surface area contributed by atoms with Crippen molar-refractivity contribution in [2.24, 2.45) is 0 Å². The first-order valence-electron chi connectivity index (χ1n) is 37.9. The molecule has 0 bridgehead atoms. The summed E-state index contributed by atoms with van der Waals surface area (Å²) < 4.78 is 23.0. The summed E-state index contributed by atoms with van der Waals surface area (Å²) in [6.07, 6.45) is 80.7. The summed E-state index contributed by atoms with van der Waals surface area (Å²) in [5, 5.41) is 9.75. The van der Waals surface area contributed by atoms with Crippen LogP contribution in [0.2, 0.25) is 0 Å². The van der Waals surface area contributed by atoms with Gasteiger partial charge in [-0.15, -0.1) is 0 Å². The molecule has 0 spiro atoms. The van der Waals surface area contributed by atoms with Gasteiger partial charge in [0.15, 0.2) is 6.10 Å². The molecule has 0 amide bonds. The maximum atomic E-state index is 13.0. The molecule has 0 aliphatic heterocycles. The van der Waals surface area contributed by atoms with Crippen molar-refractivity contribution in [3.63, 3.8) is 0 Å². The van der Waals surface area contributed by atoms with E-state index in [2.05, 4.69) is 26.0 Å². The number of hydrogen-bond acceptors (Lipinski definition) is 7. The standard InChI is InChI=1S/C76H147NO8/c1-6-8-10-12-14-16-18-20-22-24-26-28-30-31-32-33-34-35-36-37-38-39-40-41-42-43-45-47-49-51-53-55-57-59-61-63-65-67-74(79)85-72(71-84-76(75(80)81)82-69-68-77(3,4)5)70-83-73(78)66-64-62-60-58-56-54-52-50-48-46-44-29-27-25-23-21-19-17-15-13-11-9-7-2/h24,26,72,76H,6-23,25,27-71H2,1-5H3/p+1/b26-24-. The topological polar surface area (TPSA) is 108 Å². The summed E-state index contributed by atoms with van der Waals surface area (Å²) in [6.45, 7) is 4.97. The predicted octanol–water partition coefficient (Wildman–Crippen LogP) is 23.6. The van der Waals surface area contributed by atoms with Gasteiger partial charge in [0.05, 0.1) is 34.4 Å². The molecule has 85 heavy (non-hydrogen) atoms. The second kappa shape index (κ2) is 68.0. The van der Waals surface area contributed by atoms with Crippen molar-refractivity contribution in [2.45, 2.75) is 411 Å². The smallest absolute Gasteiger partial charge is 0.361 e. The maximum Gasteiger partial charge on any atom is 0.361 e. The molecule has 0 aromatic rings. The number of carboxylic acid groups (broad SMARTS) is 1. The van der Waals surface area contributed by atoms with Crippen LogP contribution in [-0.4, -0.2) is 87.4 Å². The minimum atomic E-state index is -1.51. The second-order valence-electron chi connectivity index (χ2n) is 27.3. The molecular formula is C76H148NO8+. The first-order valence-corrected chi connectivity index (χ1v) is 37.9. The number of quaternary nitrogens is 1. The van der Waals surface area contributed by atoms with Gasteiger partial charge in [0.25, 0.3) is 6.29 Å². The maximum absolute atomic E-state index is 13.0. The highest BCUT2D eigenvalue weighted by Gasteiger charge is 2.25. The van der Waals surface area contributed by atoms with Gasteiger partial charge in [0.2, 0.25) is 0 Å². The number of carbonyl (C=O) groups excluding carboxylic acids is 2. The molecule has 0 heterocycles. The zero-order chi connectivity index (χ0) is 61.9. The van der Waals surface area contributed by atoms with Gasteiger partial charge in [-0.1, -0.05) is 360 Å². The van der Waals surface area contributed by atoms with Crippen molar-refractivity contribution in [3.05, 3.63) is 12.2 Å². The number of likely N-dealkylation sites (N-methyl/N-ethyl adjacent to an activating group) is 1. The molecule has 0 aromatic heterocycles. The zero-order valence-corrected chi connectivity index (χ0v) is 57.8. The molecule has 0 fully saturated rings. The molecule has 9 nitrogen and oxygen atoms in total. The lowest BCUT2D eigenvalue weighted by Crippen LogP contribution is -2.40. The number of esters is 2. The molecule has 504 valence electrons. The summed E-state index contributed by atoms with van der Waals surface area (Å²) >= 11 is 0. The molecular weight excluding hydrogens is 1050 g/mol. The fraction of sp³-hybridized carbons (Fsp3) is 0.934. The summed E-state index contributed by atoms with van der Waals surface area (Å²) in [4.78, 5) is 37.6. The summed E-state index contributed by atoms with van der Waals surface area (Å²) in [5.74, 6) is -1.97. The zero-order valence-electron chi connectivity index (χ0n) is 57.8. The van der Waals surface area contributed by atoms with Crippen molar-refractivity contribution < 1.29 is 42.9 Å². The lowest BCUT2D eigenvalue weighted by Gasteiger charge is -2.25. The normalized spacial score (nSPS) is 12.6. The van der Waals surface area contributed by atoms with E-state index in [1.807, 2.05) is 21.1 Å². The Morgan fingerprint density at radius 1 is 0.341 bits per heavy atom. The third-order valence-electron chi connectivity index (χ3n) is 17.5. The number of nitrogens with zero attached hydrogens (tertiary/aromatic N) is 1. The molecule has 0 radical (unpaired) electrons. The van der Waals surface area contributed by atoms with Gasteiger partial charge in [-0.25, -0.2) is 4.79 Å². The molecule has 2 atom stereocenters. The van der Waals surface area contributed by atoms with E-state index in [4.69, 9.17) is 18.9 Å². The van der Waals surface area contributed by atoms with Crippen LogP contribution in [0.1, 0.15) is 399 Å². The Morgan fingerprint density at radius 2 is 0.600 bits per heavy atom. The number of unbranched alkanes of at least 4 members (excludes halogenated alkanes) is 55. The van der Waals surface area contributed by atoms with Crippen molar-refractivity contribution in [1.82, 2.24) is 0 Å².